The molecule has 1 aliphatic rings. The van der Waals surface area contributed by atoms with Gasteiger partial charge < -0.3 is 10.3 Å². The molecule has 2 N–H and O–H groups in total. The van der Waals surface area contributed by atoms with Crippen LogP contribution in [0, 0.1) is 5.92 Å². The van der Waals surface area contributed by atoms with E-state index in [-0.39, 0.29) is 6.04 Å². The number of aromatic nitrogens is 2. The molecular weight excluding hydrogens is 138 g/mol. The zero-order valence-corrected chi connectivity index (χ0v) is 6.70. The van der Waals surface area contributed by atoms with Crippen LogP contribution in [0.5, 0.6) is 0 Å². The summed E-state index contributed by atoms with van der Waals surface area (Å²) in [5, 5.41) is 0. The fourth-order valence-corrected chi connectivity index (χ4v) is 1.36. The van der Waals surface area contributed by atoms with Gasteiger partial charge in [-0.2, -0.15) is 0 Å². The first-order valence-corrected chi connectivity index (χ1v) is 4.02. The summed E-state index contributed by atoms with van der Waals surface area (Å²) in [5.74, 6) is 1.71. The van der Waals surface area contributed by atoms with Crippen LogP contribution in [-0.4, -0.2) is 9.55 Å². The van der Waals surface area contributed by atoms with Gasteiger partial charge in [0.2, 0.25) is 0 Å². The lowest BCUT2D eigenvalue weighted by atomic mass is 10.2. The minimum Gasteiger partial charge on any atom is -0.337 e. The molecule has 3 nitrogen and oxygen atoms in total. The molecule has 1 aromatic rings. The fraction of sp³-hybridized carbons (Fsp3) is 0.625. The van der Waals surface area contributed by atoms with Crippen molar-refractivity contribution >= 4 is 0 Å². The van der Waals surface area contributed by atoms with Gasteiger partial charge in [-0.3, -0.25) is 0 Å². The molecule has 0 bridgehead atoms. The molecule has 0 amide bonds. The van der Waals surface area contributed by atoms with Crippen molar-refractivity contribution in [3.8, 4) is 0 Å². The molecule has 0 aliphatic heterocycles. The van der Waals surface area contributed by atoms with Crippen molar-refractivity contribution < 1.29 is 0 Å². The van der Waals surface area contributed by atoms with Crippen LogP contribution in [0.2, 0.25) is 0 Å². The Labute approximate surface area is 66.2 Å². The number of aryl methyl sites for hydroxylation is 1. The van der Waals surface area contributed by atoms with E-state index < -0.39 is 0 Å². The largest absolute Gasteiger partial charge is 0.337 e. The molecule has 1 saturated carbocycles. The molecule has 11 heavy (non-hydrogen) atoms. The van der Waals surface area contributed by atoms with Crippen LogP contribution in [0.1, 0.15) is 24.7 Å². The normalized spacial score (nSPS) is 20.2. The number of nitrogens with zero attached hydrogens (tertiary/aromatic N) is 2. The number of nitrogens with two attached hydrogens (primary N) is 1. The van der Waals surface area contributed by atoms with Crippen LogP contribution >= 0.6 is 0 Å². The standard InChI is InChI=1S/C8H13N3/c1-11-5-4-10-8(11)7(9)6-2-3-6/h4-7H,2-3,9H2,1H3/t7-/m0/s1. The lowest BCUT2D eigenvalue weighted by Crippen LogP contribution is -2.16. The second-order valence-electron chi connectivity index (χ2n) is 3.26. The van der Waals surface area contributed by atoms with Gasteiger partial charge >= 0.3 is 0 Å². The summed E-state index contributed by atoms with van der Waals surface area (Å²) >= 11 is 0. The highest BCUT2D eigenvalue weighted by molar-refractivity contribution is 5.02. The Morgan fingerprint density at radius 3 is 2.91 bits per heavy atom. The highest BCUT2D eigenvalue weighted by atomic mass is 15.1. The molecule has 1 aromatic heterocycles. The first kappa shape index (κ1) is 6.85. The number of hydrogen-bond donors (Lipinski definition) is 1. The zero-order valence-electron chi connectivity index (χ0n) is 6.70. The van der Waals surface area contributed by atoms with Gasteiger partial charge in [0.1, 0.15) is 5.82 Å². The van der Waals surface area contributed by atoms with Gasteiger partial charge in [0.25, 0.3) is 0 Å². The molecule has 0 unspecified atom stereocenters. The predicted molar refractivity (Wildman–Crippen MR) is 42.9 cm³/mol. The Hall–Kier alpha value is -0.830. The van der Waals surface area contributed by atoms with E-state index in [0.717, 1.165) is 5.82 Å². The summed E-state index contributed by atoms with van der Waals surface area (Å²) in [7, 11) is 1.99. The highest BCUT2D eigenvalue weighted by Crippen LogP contribution is 2.38. The van der Waals surface area contributed by atoms with Crippen molar-refractivity contribution in [1.82, 2.24) is 9.55 Å². The number of rotatable bonds is 2. The molecule has 1 aliphatic carbocycles. The van der Waals surface area contributed by atoms with E-state index in [4.69, 9.17) is 5.73 Å². The van der Waals surface area contributed by atoms with Gasteiger partial charge in [0.05, 0.1) is 6.04 Å². The summed E-state index contributed by atoms with van der Waals surface area (Å²) < 4.78 is 2.00. The smallest absolute Gasteiger partial charge is 0.125 e. The van der Waals surface area contributed by atoms with Crippen molar-refractivity contribution in [3.63, 3.8) is 0 Å². The lowest BCUT2D eigenvalue weighted by molar-refractivity contribution is 0.570. The first-order chi connectivity index (χ1) is 5.29. The Morgan fingerprint density at radius 2 is 2.45 bits per heavy atom. The summed E-state index contributed by atoms with van der Waals surface area (Å²) in [6, 6.07) is 0.162. The van der Waals surface area contributed by atoms with Crippen molar-refractivity contribution in [3.05, 3.63) is 18.2 Å². The predicted octanol–water partition coefficient (Wildman–Crippen LogP) is 0.830. The molecule has 1 fully saturated rings. The molecule has 3 heteroatoms. The van der Waals surface area contributed by atoms with Gasteiger partial charge in [-0.15, -0.1) is 0 Å². The Bertz CT molecular complexity index is 250. The van der Waals surface area contributed by atoms with Crippen LogP contribution in [0.25, 0.3) is 0 Å². The van der Waals surface area contributed by atoms with Crippen LogP contribution in [-0.2, 0) is 7.05 Å². The number of hydrogen-bond acceptors (Lipinski definition) is 2. The average molecular weight is 151 g/mol. The molecule has 1 atom stereocenters. The second-order valence-corrected chi connectivity index (χ2v) is 3.26. The van der Waals surface area contributed by atoms with Crippen molar-refractivity contribution in [2.24, 2.45) is 18.7 Å². The molecule has 0 saturated heterocycles. The maximum absolute atomic E-state index is 5.96. The third-order valence-electron chi connectivity index (χ3n) is 2.29. The van der Waals surface area contributed by atoms with E-state index in [1.165, 1.54) is 12.8 Å². The highest BCUT2D eigenvalue weighted by Gasteiger charge is 2.31. The second kappa shape index (κ2) is 2.34. The van der Waals surface area contributed by atoms with E-state index in [2.05, 4.69) is 4.98 Å². The summed E-state index contributed by atoms with van der Waals surface area (Å²) in [6.45, 7) is 0. The molecule has 1 heterocycles. The molecule has 0 spiro atoms. The van der Waals surface area contributed by atoms with Crippen LogP contribution in [0.3, 0.4) is 0 Å². The summed E-state index contributed by atoms with van der Waals surface area (Å²) in [4.78, 5) is 4.21. The van der Waals surface area contributed by atoms with Gasteiger partial charge in [0, 0.05) is 19.4 Å². The van der Waals surface area contributed by atoms with Crippen LogP contribution in [0.4, 0.5) is 0 Å². The average Bonchev–Trinajstić information content (AvgIpc) is 2.74. The van der Waals surface area contributed by atoms with Gasteiger partial charge in [-0.05, 0) is 18.8 Å². The molecule has 60 valence electrons. The van der Waals surface area contributed by atoms with E-state index in [0.29, 0.717) is 5.92 Å². The topological polar surface area (TPSA) is 43.8 Å². The SMILES string of the molecule is Cn1ccnc1[C@@H](N)C1CC1. The third kappa shape index (κ3) is 1.16. The van der Waals surface area contributed by atoms with E-state index in [1.807, 2.05) is 17.8 Å². The van der Waals surface area contributed by atoms with Crippen molar-refractivity contribution in [2.45, 2.75) is 18.9 Å². The van der Waals surface area contributed by atoms with Crippen molar-refractivity contribution in [1.29, 1.82) is 0 Å². The molecule has 0 aromatic carbocycles. The number of imidazole rings is 1. The first-order valence-electron chi connectivity index (χ1n) is 4.02. The van der Waals surface area contributed by atoms with Crippen LogP contribution in [0.15, 0.2) is 12.4 Å². The minimum absolute atomic E-state index is 0.162. The quantitative estimate of drug-likeness (QED) is 0.680. The zero-order chi connectivity index (χ0) is 7.84. The monoisotopic (exact) mass is 151 g/mol. The third-order valence-corrected chi connectivity index (χ3v) is 2.29. The van der Waals surface area contributed by atoms with Gasteiger partial charge in [-0.1, -0.05) is 0 Å². The van der Waals surface area contributed by atoms with Gasteiger partial charge in [0.15, 0.2) is 0 Å². The van der Waals surface area contributed by atoms with Crippen LogP contribution < -0.4 is 5.73 Å². The Balaban J connectivity index is 2.20. The lowest BCUT2D eigenvalue weighted by Gasteiger charge is -2.08. The van der Waals surface area contributed by atoms with E-state index in [9.17, 15) is 0 Å². The minimum atomic E-state index is 0.162. The van der Waals surface area contributed by atoms with Crippen molar-refractivity contribution in [2.75, 3.05) is 0 Å². The maximum Gasteiger partial charge on any atom is 0.125 e. The molecular formula is C8H13N3. The molecule has 2 rings (SSSR count). The Kier molecular flexibility index (Phi) is 1.46. The summed E-state index contributed by atoms with van der Waals surface area (Å²) in [5.41, 5.74) is 5.96. The van der Waals surface area contributed by atoms with E-state index in [1.54, 1.807) is 6.20 Å². The Morgan fingerprint density at radius 1 is 1.73 bits per heavy atom. The fourth-order valence-electron chi connectivity index (χ4n) is 1.36. The summed E-state index contributed by atoms with van der Waals surface area (Å²) in [6.07, 6.45) is 6.29. The van der Waals surface area contributed by atoms with Gasteiger partial charge in [-0.25, -0.2) is 4.98 Å². The molecule has 0 radical (unpaired) electrons. The van der Waals surface area contributed by atoms with E-state index >= 15 is 0 Å². The maximum atomic E-state index is 5.96.